The molecule has 0 fully saturated rings. The molecule has 54 heavy (non-hydrogen) atoms. The summed E-state index contributed by atoms with van der Waals surface area (Å²) in [5, 5.41) is 0. The third-order valence-electron chi connectivity index (χ3n) is 3.72. The number of phosphoric ester groups is 1. The maximum absolute atomic E-state index is 14.1. The first-order valence-corrected chi connectivity index (χ1v) is 15.2. The van der Waals surface area contributed by atoms with Crippen molar-refractivity contribution in [2.45, 2.75) is 224 Å². The highest BCUT2D eigenvalue weighted by Gasteiger charge is 2.27. The lowest BCUT2D eigenvalue weighted by Crippen LogP contribution is -2.37. The highest BCUT2D eigenvalue weighted by molar-refractivity contribution is 7.47. The average Bonchev–Trinajstić information content (AvgIpc) is 0.680. The van der Waals surface area contributed by atoms with Gasteiger partial charge >= 0.3 is 19.8 Å². The molecule has 2 atom stereocenters. The van der Waals surface area contributed by atoms with Crippen molar-refractivity contribution in [2.24, 2.45) is 0 Å². The topological polar surface area (TPSA) is 108 Å². The number of esters is 2. The van der Waals surface area contributed by atoms with Crippen molar-refractivity contribution in [2.75, 3.05) is 47.4 Å². The molecule has 0 spiro atoms. The molecule has 10 heteroatoms. The Kier molecular flexibility index (Phi) is 6.28. The molecule has 0 rings (SSSR count). The Morgan fingerprint density at radius 3 is 1.28 bits per heavy atom. The number of carbonyl (C=O) groups is 2. The van der Waals surface area contributed by atoms with Gasteiger partial charge in [0.15, 0.2) is 6.10 Å². The monoisotopic (exact) mass is 865 g/mol. The minimum atomic E-state index is -6.57. The third-order valence-corrected chi connectivity index (χ3v) is 4.52. The molecule has 9 nitrogen and oxygen atoms in total. The first-order valence-electron chi connectivity index (χ1n) is 50.7. The molecule has 0 aromatic rings. The van der Waals surface area contributed by atoms with E-state index in [0.717, 1.165) is 21.1 Å². The van der Waals surface area contributed by atoms with Crippen LogP contribution in [0.4, 0.5) is 0 Å². The second-order valence-electron chi connectivity index (χ2n) is 8.71. The van der Waals surface area contributed by atoms with Crippen LogP contribution >= 0.6 is 7.82 Å². The summed E-state index contributed by atoms with van der Waals surface area (Å²) in [6.07, 6.45) is -177. The maximum Gasteiger partial charge on any atom is 0.472 e. The zero-order valence-electron chi connectivity index (χ0n) is 102. The lowest BCUT2D eigenvalue weighted by Gasteiger charge is -2.24. The van der Waals surface area contributed by atoms with Crippen LogP contribution in [0.15, 0.2) is 0 Å². The number of carbonyl (C=O) groups excluding carboxylic acids is 2. The number of rotatable bonds is 42. The van der Waals surface area contributed by atoms with Gasteiger partial charge in [0.05, 0.1) is 33.2 Å². The minimum Gasteiger partial charge on any atom is -0.462 e. The van der Waals surface area contributed by atoms with Crippen molar-refractivity contribution in [1.29, 1.82) is 0 Å². The highest BCUT2D eigenvalue weighted by Crippen LogP contribution is 2.43. The van der Waals surface area contributed by atoms with Crippen LogP contribution in [0, 0.1) is 0 Å². The van der Waals surface area contributed by atoms with E-state index >= 15 is 0 Å². The number of likely N-dealkylation sites (N-methyl/N-ethyl adjacent to an activating group) is 1. The molecule has 0 radical (unpaired) electrons. The van der Waals surface area contributed by atoms with E-state index in [0.29, 0.717) is 0 Å². The molecule has 0 aliphatic heterocycles. The molecule has 322 valence electrons. The molecule has 0 saturated heterocycles. The van der Waals surface area contributed by atoms with Crippen molar-refractivity contribution >= 4 is 19.8 Å². The van der Waals surface area contributed by atoms with E-state index in [-0.39, 0.29) is 0 Å². The minimum absolute atomic E-state index is 0.876. The normalized spacial score (nSPS) is 43.3. The first-order chi connectivity index (χ1) is 53.8. The van der Waals surface area contributed by atoms with E-state index in [1.165, 1.54) is 0 Å². The van der Waals surface area contributed by atoms with Gasteiger partial charge in [0, 0.05) is 109 Å². The fourth-order valence-corrected chi connectivity index (χ4v) is 2.46. The predicted octanol–water partition coefficient (Wildman–Crippen LogP) is 12.8. The molecule has 0 aromatic carbocycles. The molecule has 0 heterocycles. The zero-order valence-corrected chi connectivity index (χ0v) is 29.1. The number of nitrogens with zero attached hydrogens (tertiary/aromatic N) is 1. The van der Waals surface area contributed by atoms with Gasteiger partial charge in [-0.3, -0.25) is 18.6 Å². The van der Waals surface area contributed by atoms with E-state index in [1.807, 2.05) is 0 Å². The molecule has 0 saturated carbocycles. The van der Waals surface area contributed by atoms with Gasteiger partial charge in [0.2, 0.25) is 0 Å². The Balaban J connectivity index is 8.65. The fourth-order valence-electron chi connectivity index (χ4n) is 1.90. The molecule has 0 aromatic heterocycles. The Hall–Kier alpha value is -0.990. The number of phosphoric acid groups is 1. The van der Waals surface area contributed by atoms with Gasteiger partial charge in [0.25, 0.3) is 0 Å². The molecule has 0 amide bonds. The smallest absolute Gasteiger partial charge is 0.462 e. The van der Waals surface area contributed by atoms with E-state index in [2.05, 4.69) is 18.5 Å². The maximum atomic E-state index is 14.1. The third kappa shape index (κ3) is 40.7. The van der Waals surface area contributed by atoms with Gasteiger partial charge in [-0.05, 0) is 12.7 Å². The molecule has 0 bridgehead atoms. The summed E-state index contributed by atoms with van der Waals surface area (Å²) in [6.45, 7) is -21.2. The van der Waals surface area contributed by atoms with E-state index in [9.17, 15) is 19.0 Å². The Morgan fingerprint density at radius 1 is 0.556 bits per heavy atom. The summed E-state index contributed by atoms with van der Waals surface area (Å²) in [6, 6.07) is 0. The standard InChI is InChI=1S/C44H88NO8P/c1-6-8-10-12-14-16-18-20-22-24-26-28-30-32-34-36-43(46)50-40-42(41-52-54(48,49)51-39-38-45(3,4)5)53-44(47)37-35-33-31-29-27-25-23-21-19-17-15-13-11-9-7-2/h42H,6-41H2,1-5H3/p+1/t42-/m1/s1/i1D3,2D3,6D2,7D2,8D2,9D2,10D2,11D2,12D2,13D2,14D2,15D2,16D2,17D2,18D2,19D2,20D2,21D2,22D2,23D2,24D2,25D2,26D2,27D2,28D2,29D2,30D2,31D2,32D2,33D2,34D2,35D2,36D2,37D2,38D2,39D2. The van der Waals surface area contributed by atoms with Crippen LogP contribution in [0.5, 0.6) is 0 Å². The summed E-state index contributed by atoms with van der Waals surface area (Å²) in [4.78, 5) is 38.8. The summed E-state index contributed by atoms with van der Waals surface area (Å²) < 4.78 is 642. The molecule has 1 N–H and O–H groups in total. The molecular weight excluding hydrogens is 701 g/mol. The van der Waals surface area contributed by atoms with Crippen LogP contribution in [0.25, 0.3) is 0 Å². The van der Waals surface area contributed by atoms with Gasteiger partial charge < -0.3 is 18.9 Å². The highest BCUT2D eigenvalue weighted by atomic mass is 31.2. The Labute approximate surface area is 437 Å². The molecule has 0 aliphatic rings. The number of hydrogen-bond donors (Lipinski definition) is 1. The molecule has 1 unspecified atom stereocenters. The largest absolute Gasteiger partial charge is 0.472 e. The van der Waals surface area contributed by atoms with E-state index in [1.54, 1.807) is 0 Å². The predicted molar refractivity (Wildman–Crippen MR) is 225 cm³/mol. The van der Waals surface area contributed by atoms with Gasteiger partial charge in [-0.25, -0.2) is 4.57 Å². The summed E-state index contributed by atoms with van der Waals surface area (Å²) >= 11 is 0. The van der Waals surface area contributed by atoms with Crippen LogP contribution < -0.4 is 0 Å². The SMILES string of the molecule is [2H]C([2H])([2H])C([2H])([2H])C([2H])([2H])C([2H])([2H])C([2H])([2H])C([2H])([2H])C([2H])([2H])C([2H])([2H])C([2H])([2H])C([2H])([2H])C([2H])([2H])C([2H])([2H])C([2H])([2H])C([2H])([2H])C([2H])([2H])C([2H])([2H])C([2H])([2H])C(=O)OC[C@H](COP(=O)(O)OC([2H])([2H])C([2H])([2H])[N+](C)(C)C)OC(=O)C([2H])([2H])C([2H])([2H])C([2H])([2H])C([2H])([2H])C([2H])([2H])C([2H])([2H])C([2H])([2H])C([2H])([2H])C([2H])([2H])C([2H])([2H])C([2H])([2H])C([2H])([2H])C([2H])([2H])C([2H])([2H])C([2H])([2H])C([2H])([2H])C([2H])([2H])[2H]. The lowest BCUT2D eigenvalue weighted by atomic mass is 10.0. The van der Waals surface area contributed by atoms with Crippen molar-refractivity contribution in [3.05, 3.63) is 0 Å². The van der Waals surface area contributed by atoms with Crippen molar-refractivity contribution in [1.82, 2.24) is 0 Å². The van der Waals surface area contributed by atoms with Gasteiger partial charge in [-0.2, -0.15) is 0 Å². The number of ether oxygens (including phenoxy) is 2. The van der Waals surface area contributed by atoms with Crippen molar-refractivity contribution in [3.8, 4) is 0 Å². The number of quaternary nitrogens is 1. The van der Waals surface area contributed by atoms with E-state index in [4.69, 9.17) is 101 Å². The number of hydrogen-bond acceptors (Lipinski definition) is 7. The summed E-state index contributed by atoms with van der Waals surface area (Å²) in [5.74, 6) is -6.53. The van der Waals surface area contributed by atoms with Crippen LogP contribution in [0.2, 0.25) is 0 Å². The first kappa shape index (κ1) is 9.03. The van der Waals surface area contributed by atoms with E-state index < -0.39 is 274 Å². The lowest BCUT2D eigenvalue weighted by molar-refractivity contribution is -0.870. The Bertz CT molecular complexity index is 4030. The van der Waals surface area contributed by atoms with Crippen molar-refractivity contribution < 1.29 is 143 Å². The molecular formula is C44H89NO8P+. The van der Waals surface area contributed by atoms with Crippen LogP contribution in [0.1, 0.15) is 319 Å². The average molecular weight is 866 g/mol. The van der Waals surface area contributed by atoms with Crippen LogP contribution in [-0.4, -0.2) is 74.8 Å². The second kappa shape index (κ2) is 37.6. The molecule has 0 aliphatic carbocycles. The quantitative estimate of drug-likeness (QED) is 0.0367. The fraction of sp³-hybridized carbons (Fsp3) is 0.955. The summed E-state index contributed by atoms with van der Waals surface area (Å²) in [7, 11) is -3.95. The van der Waals surface area contributed by atoms with Gasteiger partial charge in [-0.1, -0.05) is 192 Å². The van der Waals surface area contributed by atoms with Gasteiger partial charge in [-0.15, -0.1) is 0 Å². The van der Waals surface area contributed by atoms with Crippen molar-refractivity contribution in [3.63, 3.8) is 0 Å². The summed E-state index contributed by atoms with van der Waals surface area (Å²) in [5.41, 5.74) is 0. The zero-order chi connectivity index (χ0) is 106. The van der Waals surface area contributed by atoms with Crippen LogP contribution in [-0.2, 0) is 32.7 Å². The Morgan fingerprint density at radius 2 is 0.907 bits per heavy atom. The van der Waals surface area contributed by atoms with Gasteiger partial charge in [0.1, 0.15) is 19.7 Å². The second-order valence-corrected chi connectivity index (χ2v) is 10.1. The van der Waals surface area contributed by atoms with Crippen LogP contribution in [0.3, 0.4) is 0 Å².